The standard InChI is InChI=1S/C19H22N2O3/c1-14(2)19(23)21-16-10-8-15(9-11-16)12-20-18(22)13-24-17-6-4-3-5-7-17/h3-11,14H,12-13H2,1-2H3,(H,20,22)(H,21,23). The number of amides is 2. The van der Waals surface area contributed by atoms with Crippen molar-refractivity contribution in [3.63, 3.8) is 0 Å². The normalized spacial score (nSPS) is 10.3. The average molecular weight is 326 g/mol. The Morgan fingerprint density at radius 2 is 1.67 bits per heavy atom. The first-order valence-corrected chi connectivity index (χ1v) is 7.89. The van der Waals surface area contributed by atoms with Gasteiger partial charge in [-0.3, -0.25) is 9.59 Å². The van der Waals surface area contributed by atoms with Crippen molar-refractivity contribution in [1.29, 1.82) is 0 Å². The third-order valence-electron chi connectivity index (χ3n) is 3.35. The number of carbonyl (C=O) groups is 2. The van der Waals surface area contributed by atoms with Gasteiger partial charge in [-0.2, -0.15) is 0 Å². The molecule has 0 heterocycles. The highest BCUT2D eigenvalue weighted by atomic mass is 16.5. The van der Waals surface area contributed by atoms with Crippen molar-refractivity contribution in [2.75, 3.05) is 11.9 Å². The third-order valence-corrected chi connectivity index (χ3v) is 3.35. The summed E-state index contributed by atoms with van der Waals surface area (Å²) in [6.45, 7) is 4.08. The van der Waals surface area contributed by atoms with E-state index in [1.54, 1.807) is 12.1 Å². The van der Waals surface area contributed by atoms with Gasteiger partial charge in [0.25, 0.3) is 5.91 Å². The van der Waals surface area contributed by atoms with Crippen LogP contribution < -0.4 is 15.4 Å². The molecule has 24 heavy (non-hydrogen) atoms. The quantitative estimate of drug-likeness (QED) is 0.822. The molecule has 2 rings (SSSR count). The Labute approximate surface area is 142 Å². The molecule has 2 amide bonds. The molecule has 0 atom stereocenters. The van der Waals surface area contributed by atoms with Crippen molar-refractivity contribution in [1.82, 2.24) is 5.32 Å². The maximum Gasteiger partial charge on any atom is 0.258 e. The van der Waals surface area contributed by atoms with Crippen LogP contribution in [0.5, 0.6) is 5.75 Å². The van der Waals surface area contributed by atoms with Gasteiger partial charge in [0, 0.05) is 18.2 Å². The fraction of sp³-hybridized carbons (Fsp3) is 0.263. The van der Waals surface area contributed by atoms with E-state index in [1.807, 2.05) is 56.3 Å². The highest BCUT2D eigenvalue weighted by molar-refractivity contribution is 5.92. The molecular formula is C19H22N2O3. The summed E-state index contributed by atoms with van der Waals surface area (Å²) in [4.78, 5) is 23.4. The summed E-state index contributed by atoms with van der Waals surface area (Å²) >= 11 is 0. The van der Waals surface area contributed by atoms with E-state index < -0.39 is 0 Å². The maximum absolute atomic E-state index is 11.8. The zero-order valence-corrected chi connectivity index (χ0v) is 13.9. The van der Waals surface area contributed by atoms with Crippen LogP contribution in [-0.4, -0.2) is 18.4 Å². The van der Waals surface area contributed by atoms with Crippen molar-refractivity contribution in [3.8, 4) is 5.75 Å². The fourth-order valence-electron chi connectivity index (χ4n) is 1.91. The molecule has 0 saturated heterocycles. The predicted molar refractivity (Wildman–Crippen MR) is 93.7 cm³/mol. The van der Waals surface area contributed by atoms with E-state index in [0.717, 1.165) is 11.3 Å². The van der Waals surface area contributed by atoms with E-state index >= 15 is 0 Å². The first-order chi connectivity index (χ1) is 11.5. The van der Waals surface area contributed by atoms with Crippen molar-refractivity contribution in [3.05, 3.63) is 60.2 Å². The van der Waals surface area contributed by atoms with Crippen molar-refractivity contribution in [2.45, 2.75) is 20.4 Å². The van der Waals surface area contributed by atoms with E-state index in [2.05, 4.69) is 10.6 Å². The molecule has 0 fully saturated rings. The third kappa shape index (κ3) is 5.76. The van der Waals surface area contributed by atoms with Gasteiger partial charge in [-0.25, -0.2) is 0 Å². The molecule has 0 radical (unpaired) electrons. The van der Waals surface area contributed by atoms with E-state index in [1.165, 1.54) is 0 Å². The smallest absolute Gasteiger partial charge is 0.258 e. The maximum atomic E-state index is 11.8. The van der Waals surface area contributed by atoms with Crippen LogP contribution in [0.25, 0.3) is 0 Å². The van der Waals surface area contributed by atoms with E-state index in [4.69, 9.17) is 4.74 Å². The first-order valence-electron chi connectivity index (χ1n) is 7.89. The van der Waals surface area contributed by atoms with E-state index in [0.29, 0.717) is 12.3 Å². The molecule has 5 heteroatoms. The van der Waals surface area contributed by atoms with E-state index in [9.17, 15) is 9.59 Å². The predicted octanol–water partition coefficient (Wildman–Crippen LogP) is 2.98. The first kappa shape index (κ1) is 17.5. The molecule has 0 aliphatic carbocycles. The molecule has 0 unspecified atom stereocenters. The monoisotopic (exact) mass is 326 g/mol. The van der Waals surface area contributed by atoms with Gasteiger partial charge in [0.15, 0.2) is 6.61 Å². The second kappa shape index (κ2) is 8.72. The minimum absolute atomic E-state index is 0.0193. The molecule has 2 aromatic rings. The lowest BCUT2D eigenvalue weighted by molar-refractivity contribution is -0.123. The highest BCUT2D eigenvalue weighted by Gasteiger charge is 2.07. The number of ether oxygens (including phenoxy) is 1. The molecule has 0 aromatic heterocycles. The summed E-state index contributed by atoms with van der Waals surface area (Å²) in [5, 5.41) is 5.62. The molecule has 0 spiro atoms. The van der Waals surface area contributed by atoms with Crippen LogP contribution in [0, 0.1) is 5.92 Å². The molecule has 0 aliphatic heterocycles. The van der Waals surface area contributed by atoms with Gasteiger partial charge in [-0.1, -0.05) is 44.2 Å². The summed E-state index contributed by atoms with van der Waals surface area (Å²) in [6.07, 6.45) is 0. The second-order valence-electron chi connectivity index (χ2n) is 5.72. The number of nitrogens with one attached hydrogen (secondary N) is 2. The molecule has 2 N–H and O–H groups in total. The largest absolute Gasteiger partial charge is 0.484 e. The van der Waals surface area contributed by atoms with Crippen molar-refractivity contribution >= 4 is 17.5 Å². The molecule has 0 aliphatic rings. The lowest BCUT2D eigenvalue weighted by Crippen LogP contribution is -2.28. The summed E-state index contributed by atoms with van der Waals surface area (Å²) in [6, 6.07) is 16.6. The lowest BCUT2D eigenvalue weighted by atomic mass is 10.1. The minimum atomic E-state index is -0.184. The summed E-state index contributed by atoms with van der Waals surface area (Å²) < 4.78 is 5.38. The van der Waals surface area contributed by atoms with E-state index in [-0.39, 0.29) is 24.3 Å². The van der Waals surface area contributed by atoms with Crippen molar-refractivity contribution < 1.29 is 14.3 Å². The van der Waals surface area contributed by atoms with Crippen LogP contribution in [0.15, 0.2) is 54.6 Å². The van der Waals surface area contributed by atoms with Crippen LogP contribution in [-0.2, 0) is 16.1 Å². The Morgan fingerprint density at radius 3 is 2.29 bits per heavy atom. The van der Waals surface area contributed by atoms with Gasteiger partial charge < -0.3 is 15.4 Å². The lowest BCUT2D eigenvalue weighted by Gasteiger charge is -2.10. The molecule has 5 nitrogen and oxygen atoms in total. The number of rotatable bonds is 7. The van der Waals surface area contributed by atoms with Crippen molar-refractivity contribution in [2.24, 2.45) is 5.92 Å². The topological polar surface area (TPSA) is 67.4 Å². The zero-order chi connectivity index (χ0) is 17.4. The van der Waals surface area contributed by atoms with Gasteiger partial charge >= 0.3 is 0 Å². The van der Waals surface area contributed by atoms with Gasteiger partial charge in [0.2, 0.25) is 5.91 Å². The number of para-hydroxylation sites is 1. The Kier molecular flexibility index (Phi) is 6.37. The number of carbonyl (C=O) groups excluding carboxylic acids is 2. The van der Waals surface area contributed by atoms with Crippen LogP contribution in [0.1, 0.15) is 19.4 Å². The Hall–Kier alpha value is -2.82. The second-order valence-corrected chi connectivity index (χ2v) is 5.72. The highest BCUT2D eigenvalue weighted by Crippen LogP contribution is 2.11. The molecule has 126 valence electrons. The van der Waals surface area contributed by atoms with Crippen LogP contribution in [0.3, 0.4) is 0 Å². The van der Waals surface area contributed by atoms with Crippen LogP contribution in [0.4, 0.5) is 5.69 Å². The SMILES string of the molecule is CC(C)C(=O)Nc1ccc(CNC(=O)COc2ccccc2)cc1. The summed E-state index contributed by atoms with van der Waals surface area (Å²) in [5.41, 5.74) is 1.70. The molecule has 0 saturated carbocycles. The summed E-state index contributed by atoms with van der Waals surface area (Å²) in [7, 11) is 0. The van der Waals surface area contributed by atoms with Crippen LogP contribution in [0.2, 0.25) is 0 Å². The van der Waals surface area contributed by atoms with Crippen LogP contribution >= 0.6 is 0 Å². The number of anilines is 1. The number of hydrogen-bond acceptors (Lipinski definition) is 3. The van der Waals surface area contributed by atoms with Gasteiger partial charge in [0.1, 0.15) is 5.75 Å². The fourth-order valence-corrected chi connectivity index (χ4v) is 1.91. The minimum Gasteiger partial charge on any atom is -0.484 e. The molecular weight excluding hydrogens is 304 g/mol. The Bertz CT molecular complexity index is 667. The molecule has 0 bridgehead atoms. The zero-order valence-electron chi connectivity index (χ0n) is 13.9. The van der Waals surface area contributed by atoms with Gasteiger partial charge in [-0.05, 0) is 29.8 Å². The molecule has 2 aromatic carbocycles. The van der Waals surface area contributed by atoms with Gasteiger partial charge in [0.05, 0.1) is 0 Å². The average Bonchev–Trinajstić information content (AvgIpc) is 2.60. The number of benzene rings is 2. The summed E-state index contributed by atoms with van der Waals surface area (Å²) in [5.74, 6) is 0.400. The number of hydrogen-bond donors (Lipinski definition) is 2. The Balaban J connectivity index is 1.75. The Morgan fingerprint density at radius 1 is 1.00 bits per heavy atom. The van der Waals surface area contributed by atoms with Gasteiger partial charge in [-0.15, -0.1) is 0 Å².